The van der Waals surface area contributed by atoms with E-state index in [2.05, 4.69) is 24.5 Å². The summed E-state index contributed by atoms with van der Waals surface area (Å²) in [5.74, 6) is 0. The standard InChI is InChI=1S/C29H54N2O4/c1-3-5-7-9-17-23-34-26(32)30-28(19-13-11-14-20-28)25-29(21-15-12-16-22-29)31-27(33)35-24-18-10-8-6-4-2/h3-25H2,1-2H3,(H,30,32)(H,31,33). The van der Waals surface area contributed by atoms with Gasteiger partial charge in [-0.1, -0.05) is 104 Å². The maximum absolute atomic E-state index is 12.8. The molecule has 2 aliphatic carbocycles. The summed E-state index contributed by atoms with van der Waals surface area (Å²) in [6, 6.07) is 0. The molecule has 0 aromatic rings. The number of hydrogen-bond donors (Lipinski definition) is 2. The van der Waals surface area contributed by atoms with Gasteiger partial charge < -0.3 is 20.1 Å². The van der Waals surface area contributed by atoms with Gasteiger partial charge in [-0.05, 0) is 44.9 Å². The highest BCUT2D eigenvalue weighted by Crippen LogP contribution is 2.41. The number of ether oxygens (including phenoxy) is 2. The largest absolute Gasteiger partial charge is 0.450 e. The zero-order chi connectivity index (χ0) is 25.2. The Bertz CT molecular complexity index is 533. The van der Waals surface area contributed by atoms with Gasteiger partial charge >= 0.3 is 12.2 Å². The average molecular weight is 495 g/mol. The zero-order valence-corrected chi connectivity index (χ0v) is 22.9. The number of rotatable bonds is 16. The second kappa shape index (κ2) is 17.1. The second-order valence-electron chi connectivity index (χ2n) is 11.2. The summed E-state index contributed by atoms with van der Waals surface area (Å²) in [6.45, 7) is 5.38. The Morgan fingerprint density at radius 3 is 1.31 bits per heavy atom. The highest BCUT2D eigenvalue weighted by Gasteiger charge is 2.44. The molecule has 2 amide bonds. The number of carbonyl (C=O) groups is 2. The lowest BCUT2D eigenvalue weighted by Crippen LogP contribution is -2.60. The summed E-state index contributed by atoms with van der Waals surface area (Å²) in [6.07, 6.45) is 22.2. The van der Waals surface area contributed by atoms with Crippen LogP contribution < -0.4 is 10.6 Å². The lowest BCUT2D eigenvalue weighted by atomic mass is 9.68. The van der Waals surface area contributed by atoms with E-state index in [-0.39, 0.29) is 23.3 Å². The lowest BCUT2D eigenvalue weighted by molar-refractivity contribution is 0.0827. The monoisotopic (exact) mass is 494 g/mol. The van der Waals surface area contributed by atoms with Crippen molar-refractivity contribution < 1.29 is 19.1 Å². The van der Waals surface area contributed by atoms with Crippen molar-refractivity contribution in [3.8, 4) is 0 Å². The first-order chi connectivity index (χ1) is 17.0. The SMILES string of the molecule is CCCCCCCOC(=O)NC1(CC2(NC(=O)OCCCCCCC)CCCCC2)CCCCC1. The van der Waals surface area contributed by atoms with Crippen molar-refractivity contribution in [3.05, 3.63) is 0 Å². The molecule has 0 unspecified atom stereocenters. The maximum Gasteiger partial charge on any atom is 0.407 e. The van der Waals surface area contributed by atoms with E-state index >= 15 is 0 Å². The molecular formula is C29H54N2O4. The molecule has 6 nitrogen and oxygen atoms in total. The third-order valence-corrected chi connectivity index (χ3v) is 7.99. The fraction of sp³-hybridized carbons (Fsp3) is 0.931. The quantitative estimate of drug-likeness (QED) is 0.212. The van der Waals surface area contributed by atoms with E-state index in [1.54, 1.807) is 0 Å². The van der Waals surface area contributed by atoms with Gasteiger partial charge in [0.05, 0.1) is 13.2 Å². The molecule has 6 heteroatoms. The van der Waals surface area contributed by atoms with Gasteiger partial charge in [0.2, 0.25) is 0 Å². The predicted molar refractivity (Wildman–Crippen MR) is 143 cm³/mol. The first kappa shape index (κ1) is 29.8. The normalized spacial score (nSPS) is 19.0. The fourth-order valence-electron chi connectivity index (χ4n) is 6.04. The summed E-state index contributed by atoms with van der Waals surface area (Å²) in [5, 5.41) is 6.60. The molecule has 0 aliphatic heterocycles. The van der Waals surface area contributed by atoms with Gasteiger partial charge in [-0.15, -0.1) is 0 Å². The molecule has 0 atom stereocenters. The Morgan fingerprint density at radius 2 is 0.943 bits per heavy atom. The van der Waals surface area contributed by atoms with Crippen LogP contribution in [-0.2, 0) is 9.47 Å². The van der Waals surface area contributed by atoms with Crippen molar-refractivity contribution in [1.29, 1.82) is 0 Å². The van der Waals surface area contributed by atoms with Crippen LogP contribution in [-0.4, -0.2) is 36.5 Å². The van der Waals surface area contributed by atoms with Gasteiger partial charge in [0, 0.05) is 11.1 Å². The zero-order valence-electron chi connectivity index (χ0n) is 22.9. The molecule has 2 fully saturated rings. The highest BCUT2D eigenvalue weighted by molar-refractivity contribution is 5.69. The molecule has 2 aliphatic rings. The number of amides is 2. The van der Waals surface area contributed by atoms with Gasteiger partial charge in [-0.2, -0.15) is 0 Å². The highest BCUT2D eigenvalue weighted by atomic mass is 16.6. The first-order valence-corrected chi connectivity index (χ1v) is 14.9. The summed E-state index contributed by atoms with van der Waals surface area (Å²) in [4.78, 5) is 25.6. The van der Waals surface area contributed by atoms with E-state index < -0.39 is 0 Å². The number of hydrogen-bond acceptors (Lipinski definition) is 4. The molecule has 204 valence electrons. The summed E-state index contributed by atoms with van der Waals surface area (Å²) < 4.78 is 11.2. The minimum absolute atomic E-state index is 0.289. The van der Waals surface area contributed by atoms with Crippen molar-refractivity contribution in [2.75, 3.05) is 13.2 Å². The Morgan fingerprint density at radius 1 is 0.571 bits per heavy atom. The summed E-state index contributed by atoms with van der Waals surface area (Å²) in [5.41, 5.74) is -0.607. The molecule has 0 saturated heterocycles. The second-order valence-corrected chi connectivity index (χ2v) is 11.2. The average Bonchev–Trinajstić information content (AvgIpc) is 2.84. The third kappa shape index (κ3) is 11.9. The molecule has 2 N–H and O–H groups in total. The van der Waals surface area contributed by atoms with E-state index in [9.17, 15) is 9.59 Å². The van der Waals surface area contributed by atoms with Crippen molar-refractivity contribution in [2.45, 2.75) is 160 Å². The van der Waals surface area contributed by atoms with Crippen molar-refractivity contribution in [1.82, 2.24) is 10.6 Å². The van der Waals surface area contributed by atoms with Gasteiger partial charge in [0.25, 0.3) is 0 Å². The summed E-state index contributed by atoms with van der Waals surface area (Å²) >= 11 is 0. The lowest BCUT2D eigenvalue weighted by Gasteiger charge is -2.47. The van der Waals surface area contributed by atoms with Gasteiger partial charge in [-0.3, -0.25) is 0 Å². The van der Waals surface area contributed by atoms with Gasteiger partial charge in [0.1, 0.15) is 0 Å². The van der Waals surface area contributed by atoms with E-state index in [1.807, 2.05) is 0 Å². The molecule has 0 spiro atoms. The smallest absolute Gasteiger partial charge is 0.407 e. The number of alkyl carbamates (subject to hydrolysis) is 2. The Labute approximate surface area is 215 Å². The Balaban J connectivity index is 1.91. The topological polar surface area (TPSA) is 76.7 Å². The van der Waals surface area contributed by atoms with Crippen LogP contribution in [0.4, 0.5) is 9.59 Å². The van der Waals surface area contributed by atoms with E-state index in [0.717, 1.165) is 83.5 Å². The molecule has 2 saturated carbocycles. The van der Waals surface area contributed by atoms with Crippen LogP contribution in [0.1, 0.15) is 149 Å². The van der Waals surface area contributed by atoms with Crippen LogP contribution in [0.15, 0.2) is 0 Å². The van der Waals surface area contributed by atoms with Crippen LogP contribution in [0.2, 0.25) is 0 Å². The molecule has 0 aromatic heterocycles. The molecule has 2 rings (SSSR count). The van der Waals surface area contributed by atoms with Crippen LogP contribution >= 0.6 is 0 Å². The minimum Gasteiger partial charge on any atom is -0.450 e. The fourth-order valence-corrected chi connectivity index (χ4v) is 6.04. The third-order valence-electron chi connectivity index (χ3n) is 7.99. The maximum atomic E-state index is 12.8. The van der Waals surface area contributed by atoms with Gasteiger partial charge in [-0.25, -0.2) is 9.59 Å². The van der Waals surface area contributed by atoms with Gasteiger partial charge in [0.15, 0.2) is 0 Å². The van der Waals surface area contributed by atoms with Crippen molar-refractivity contribution >= 4 is 12.2 Å². The summed E-state index contributed by atoms with van der Waals surface area (Å²) in [7, 11) is 0. The van der Waals surface area contributed by atoms with Crippen LogP contribution in [0.25, 0.3) is 0 Å². The van der Waals surface area contributed by atoms with Crippen molar-refractivity contribution in [2.24, 2.45) is 0 Å². The van der Waals surface area contributed by atoms with E-state index in [0.29, 0.717) is 13.2 Å². The van der Waals surface area contributed by atoms with Crippen LogP contribution in [0, 0.1) is 0 Å². The van der Waals surface area contributed by atoms with E-state index in [4.69, 9.17) is 9.47 Å². The molecule has 0 bridgehead atoms. The van der Waals surface area contributed by atoms with E-state index in [1.165, 1.54) is 51.4 Å². The molecular weight excluding hydrogens is 440 g/mol. The molecule has 0 radical (unpaired) electrons. The predicted octanol–water partition coefficient (Wildman–Crippen LogP) is 8.18. The number of carbonyl (C=O) groups excluding carboxylic acids is 2. The Kier molecular flexibility index (Phi) is 14.5. The molecule has 0 aromatic carbocycles. The molecule has 35 heavy (non-hydrogen) atoms. The van der Waals surface area contributed by atoms with Crippen LogP contribution in [0.3, 0.4) is 0 Å². The molecule has 0 heterocycles. The number of unbranched alkanes of at least 4 members (excludes halogenated alkanes) is 8. The first-order valence-electron chi connectivity index (χ1n) is 14.9. The van der Waals surface area contributed by atoms with Crippen LogP contribution in [0.5, 0.6) is 0 Å². The number of nitrogens with one attached hydrogen (secondary N) is 2. The van der Waals surface area contributed by atoms with Crippen molar-refractivity contribution in [3.63, 3.8) is 0 Å². The minimum atomic E-state index is -0.303. The Hall–Kier alpha value is -1.46.